The molecular formula is C18H20Cl2N4O2. The molecule has 1 N–H and O–H groups in total. The first kappa shape index (κ1) is 20.0. The van der Waals surface area contributed by atoms with E-state index in [1.165, 1.54) is 11.0 Å². The van der Waals surface area contributed by atoms with Crippen LogP contribution in [-0.2, 0) is 16.1 Å². The van der Waals surface area contributed by atoms with Gasteiger partial charge >= 0.3 is 0 Å². The minimum absolute atomic E-state index is 0.0609. The van der Waals surface area contributed by atoms with Gasteiger partial charge in [-0.25, -0.2) is 4.68 Å². The van der Waals surface area contributed by atoms with Gasteiger partial charge in [0.05, 0.1) is 18.8 Å². The Labute approximate surface area is 162 Å². The van der Waals surface area contributed by atoms with Crippen molar-refractivity contribution in [3.8, 4) is 0 Å². The summed E-state index contributed by atoms with van der Waals surface area (Å²) in [6.07, 6.45) is 2.92. The lowest BCUT2D eigenvalue weighted by atomic mass is 10.2. The Morgan fingerprint density at radius 2 is 1.96 bits per heavy atom. The van der Waals surface area contributed by atoms with Crippen LogP contribution in [0.25, 0.3) is 6.08 Å². The van der Waals surface area contributed by atoms with Crippen LogP contribution in [-0.4, -0.2) is 47.1 Å². The lowest BCUT2D eigenvalue weighted by Gasteiger charge is -2.09. The van der Waals surface area contributed by atoms with Gasteiger partial charge in [-0.1, -0.05) is 41.4 Å². The fourth-order valence-electron chi connectivity index (χ4n) is 2.19. The molecule has 0 saturated carbocycles. The number of nitrogens with one attached hydrogen (secondary N) is 1. The minimum atomic E-state index is -0.380. The van der Waals surface area contributed by atoms with E-state index in [4.69, 9.17) is 23.2 Å². The Kier molecular flexibility index (Phi) is 6.83. The van der Waals surface area contributed by atoms with Gasteiger partial charge in [0.25, 0.3) is 0 Å². The van der Waals surface area contributed by atoms with Crippen molar-refractivity contribution in [3.63, 3.8) is 0 Å². The van der Waals surface area contributed by atoms with E-state index < -0.39 is 0 Å². The van der Waals surface area contributed by atoms with Gasteiger partial charge in [0, 0.05) is 30.8 Å². The Hall–Kier alpha value is -2.31. The molecule has 0 aliphatic heterocycles. The van der Waals surface area contributed by atoms with Gasteiger partial charge in [-0.3, -0.25) is 9.59 Å². The molecule has 0 aliphatic carbocycles. The quantitative estimate of drug-likeness (QED) is 0.765. The summed E-state index contributed by atoms with van der Waals surface area (Å²) in [6.45, 7) is 2.17. The Morgan fingerprint density at radius 3 is 2.62 bits per heavy atom. The number of amides is 2. The second kappa shape index (κ2) is 8.87. The SMILES string of the molecule is Cc1nn(Cc2ccccc2Cl)c(Cl)c1/C=C/C(=O)NCC(=O)N(C)C. The highest BCUT2D eigenvalue weighted by atomic mass is 35.5. The van der Waals surface area contributed by atoms with E-state index in [1.807, 2.05) is 25.1 Å². The molecule has 2 rings (SSSR count). The van der Waals surface area contributed by atoms with Crippen molar-refractivity contribution in [1.82, 2.24) is 20.0 Å². The van der Waals surface area contributed by atoms with E-state index >= 15 is 0 Å². The normalized spacial score (nSPS) is 11.0. The summed E-state index contributed by atoms with van der Waals surface area (Å²) < 4.78 is 1.63. The monoisotopic (exact) mass is 394 g/mol. The number of likely N-dealkylation sites (N-methyl/N-ethyl adjacent to an activating group) is 1. The third-order valence-corrected chi connectivity index (χ3v) is 4.47. The van der Waals surface area contributed by atoms with Crippen molar-refractivity contribution in [2.24, 2.45) is 0 Å². The second-order valence-electron chi connectivity index (χ2n) is 5.88. The van der Waals surface area contributed by atoms with Crippen LogP contribution in [0.3, 0.4) is 0 Å². The third kappa shape index (κ3) is 5.09. The maximum Gasteiger partial charge on any atom is 0.244 e. The highest BCUT2D eigenvalue weighted by Crippen LogP contribution is 2.24. The highest BCUT2D eigenvalue weighted by molar-refractivity contribution is 6.32. The number of halogens is 2. The van der Waals surface area contributed by atoms with Crippen LogP contribution in [0.1, 0.15) is 16.8 Å². The summed E-state index contributed by atoms with van der Waals surface area (Å²) in [5.74, 6) is -0.567. The molecule has 26 heavy (non-hydrogen) atoms. The van der Waals surface area contributed by atoms with Crippen LogP contribution in [0.2, 0.25) is 10.2 Å². The van der Waals surface area contributed by atoms with Crippen LogP contribution in [0.4, 0.5) is 0 Å². The number of nitrogens with zero attached hydrogens (tertiary/aromatic N) is 3. The second-order valence-corrected chi connectivity index (χ2v) is 6.64. The maximum atomic E-state index is 11.9. The number of hydrogen-bond donors (Lipinski definition) is 1. The number of rotatable bonds is 6. The average molecular weight is 395 g/mol. The molecule has 8 heteroatoms. The minimum Gasteiger partial charge on any atom is -0.347 e. The van der Waals surface area contributed by atoms with Crippen LogP contribution in [0.15, 0.2) is 30.3 Å². The smallest absolute Gasteiger partial charge is 0.244 e. The van der Waals surface area contributed by atoms with E-state index in [2.05, 4.69) is 10.4 Å². The number of carbonyl (C=O) groups is 2. The molecule has 0 radical (unpaired) electrons. The van der Waals surface area contributed by atoms with Crippen LogP contribution in [0, 0.1) is 6.92 Å². The molecular weight excluding hydrogens is 375 g/mol. The van der Waals surface area contributed by atoms with E-state index in [0.717, 1.165) is 5.56 Å². The molecule has 6 nitrogen and oxygen atoms in total. The third-order valence-electron chi connectivity index (χ3n) is 3.70. The van der Waals surface area contributed by atoms with Gasteiger partial charge in [-0.2, -0.15) is 5.10 Å². The average Bonchev–Trinajstić information content (AvgIpc) is 2.86. The molecule has 1 aromatic heterocycles. The van der Waals surface area contributed by atoms with Crippen molar-refractivity contribution in [3.05, 3.63) is 57.3 Å². The lowest BCUT2D eigenvalue weighted by molar-refractivity contribution is -0.129. The number of aryl methyl sites for hydroxylation is 1. The Morgan fingerprint density at radius 1 is 1.27 bits per heavy atom. The van der Waals surface area contributed by atoms with Crippen molar-refractivity contribution in [1.29, 1.82) is 0 Å². The predicted octanol–water partition coefficient (Wildman–Crippen LogP) is 2.76. The number of benzene rings is 1. The summed E-state index contributed by atoms with van der Waals surface area (Å²) in [4.78, 5) is 24.7. The van der Waals surface area contributed by atoms with Crippen LogP contribution < -0.4 is 5.32 Å². The molecule has 2 amide bonds. The summed E-state index contributed by atoms with van der Waals surface area (Å²) in [5.41, 5.74) is 2.23. The molecule has 0 fully saturated rings. The summed E-state index contributed by atoms with van der Waals surface area (Å²) >= 11 is 12.6. The number of aromatic nitrogens is 2. The molecule has 0 atom stereocenters. The molecule has 0 bridgehead atoms. The van der Waals surface area contributed by atoms with E-state index in [-0.39, 0.29) is 18.4 Å². The number of hydrogen-bond acceptors (Lipinski definition) is 3. The summed E-state index contributed by atoms with van der Waals surface area (Å²) in [6, 6.07) is 7.46. The van der Waals surface area contributed by atoms with Gasteiger partial charge in [0.15, 0.2) is 0 Å². The highest BCUT2D eigenvalue weighted by Gasteiger charge is 2.13. The summed E-state index contributed by atoms with van der Waals surface area (Å²) in [5, 5.41) is 7.98. The van der Waals surface area contributed by atoms with Crippen LogP contribution in [0.5, 0.6) is 0 Å². The zero-order valence-electron chi connectivity index (χ0n) is 14.8. The molecule has 1 heterocycles. The first-order valence-electron chi connectivity index (χ1n) is 7.92. The number of carbonyl (C=O) groups excluding carboxylic acids is 2. The van der Waals surface area contributed by atoms with Crippen molar-refractivity contribution in [2.75, 3.05) is 20.6 Å². The Balaban J connectivity index is 2.09. The van der Waals surface area contributed by atoms with Gasteiger partial charge in [0.2, 0.25) is 11.8 Å². The fraction of sp³-hybridized carbons (Fsp3) is 0.278. The predicted molar refractivity (Wildman–Crippen MR) is 103 cm³/mol. The van der Waals surface area contributed by atoms with Gasteiger partial charge in [0.1, 0.15) is 5.15 Å². The van der Waals surface area contributed by atoms with Gasteiger partial charge in [-0.15, -0.1) is 0 Å². The molecule has 0 aliphatic rings. The zero-order chi connectivity index (χ0) is 19.3. The van der Waals surface area contributed by atoms with E-state index in [1.54, 1.807) is 30.9 Å². The molecule has 138 valence electrons. The molecule has 0 saturated heterocycles. The first-order valence-corrected chi connectivity index (χ1v) is 8.67. The zero-order valence-corrected chi connectivity index (χ0v) is 16.3. The molecule has 0 unspecified atom stereocenters. The largest absolute Gasteiger partial charge is 0.347 e. The van der Waals surface area contributed by atoms with E-state index in [9.17, 15) is 9.59 Å². The summed E-state index contributed by atoms with van der Waals surface area (Å²) in [7, 11) is 3.25. The Bertz CT molecular complexity index is 844. The fourth-order valence-corrected chi connectivity index (χ4v) is 2.68. The van der Waals surface area contributed by atoms with E-state index in [0.29, 0.717) is 28.0 Å². The lowest BCUT2D eigenvalue weighted by Crippen LogP contribution is -2.35. The molecule has 2 aromatic rings. The maximum absolute atomic E-state index is 11.9. The van der Waals surface area contributed by atoms with Crippen molar-refractivity contribution < 1.29 is 9.59 Å². The topological polar surface area (TPSA) is 67.2 Å². The van der Waals surface area contributed by atoms with Crippen LogP contribution >= 0.6 is 23.2 Å². The first-order chi connectivity index (χ1) is 12.3. The molecule has 0 spiro atoms. The van der Waals surface area contributed by atoms with Gasteiger partial charge < -0.3 is 10.2 Å². The van der Waals surface area contributed by atoms with Crippen molar-refractivity contribution >= 4 is 41.1 Å². The molecule has 1 aromatic carbocycles. The van der Waals surface area contributed by atoms with Gasteiger partial charge in [-0.05, 0) is 24.6 Å². The standard InChI is InChI=1S/C18H20Cl2N4O2/c1-12-14(8-9-16(25)21-10-17(26)23(2)3)18(20)24(22-12)11-13-6-4-5-7-15(13)19/h4-9H,10-11H2,1-3H3,(H,21,25)/b9-8+. The van der Waals surface area contributed by atoms with Crippen molar-refractivity contribution in [2.45, 2.75) is 13.5 Å².